The Hall–Kier alpha value is -1.56. The van der Waals surface area contributed by atoms with Crippen LogP contribution >= 0.6 is 0 Å². The average molecular weight is 224 g/mol. The molecule has 0 saturated carbocycles. The molecule has 1 aromatic heterocycles. The van der Waals surface area contributed by atoms with Gasteiger partial charge >= 0.3 is 0 Å². The highest BCUT2D eigenvalue weighted by molar-refractivity contribution is 5.50. The Morgan fingerprint density at radius 1 is 1.25 bits per heavy atom. The summed E-state index contributed by atoms with van der Waals surface area (Å²) >= 11 is 0. The van der Waals surface area contributed by atoms with Crippen molar-refractivity contribution in [3.05, 3.63) is 6.07 Å². The maximum atomic E-state index is 5.61. The third-order valence-electron chi connectivity index (χ3n) is 1.97. The Labute approximate surface area is 96.3 Å². The van der Waals surface area contributed by atoms with Crippen LogP contribution in [0, 0.1) is 0 Å². The Bertz CT molecular complexity index is 325. The number of nitrogens with zero attached hydrogens (tertiary/aromatic N) is 3. The first-order chi connectivity index (χ1) is 7.61. The molecule has 0 saturated heterocycles. The molecule has 0 fully saturated rings. The van der Waals surface area contributed by atoms with E-state index >= 15 is 0 Å². The summed E-state index contributed by atoms with van der Waals surface area (Å²) in [6.45, 7) is 4.60. The molecule has 0 aliphatic carbocycles. The van der Waals surface area contributed by atoms with Crippen LogP contribution in [0.25, 0.3) is 0 Å². The fraction of sp³-hybridized carbons (Fsp3) is 0.600. The zero-order valence-electron chi connectivity index (χ0n) is 10.1. The molecule has 1 rings (SSSR count). The Balaban J connectivity index is 2.58. The lowest BCUT2D eigenvalue weighted by molar-refractivity contribution is 0.425. The fourth-order valence-electron chi connectivity index (χ4n) is 1.24. The van der Waals surface area contributed by atoms with Crippen LogP contribution in [0.1, 0.15) is 6.92 Å². The molecule has 16 heavy (non-hydrogen) atoms. The van der Waals surface area contributed by atoms with Crippen molar-refractivity contribution in [3.63, 3.8) is 0 Å². The van der Waals surface area contributed by atoms with Gasteiger partial charge in [0.15, 0.2) is 0 Å². The van der Waals surface area contributed by atoms with Gasteiger partial charge in [-0.05, 0) is 21.0 Å². The minimum Gasteiger partial charge on any atom is -0.370 e. The first kappa shape index (κ1) is 12.5. The van der Waals surface area contributed by atoms with E-state index in [0.717, 1.165) is 31.3 Å². The molecular formula is C10H20N6. The number of anilines is 3. The van der Waals surface area contributed by atoms with E-state index in [4.69, 9.17) is 5.73 Å². The van der Waals surface area contributed by atoms with Gasteiger partial charge in [0.1, 0.15) is 11.6 Å². The van der Waals surface area contributed by atoms with Crippen molar-refractivity contribution in [1.29, 1.82) is 0 Å². The number of nitrogens with two attached hydrogens (primary N) is 1. The first-order valence-corrected chi connectivity index (χ1v) is 5.39. The van der Waals surface area contributed by atoms with Gasteiger partial charge in [0.25, 0.3) is 0 Å². The van der Waals surface area contributed by atoms with Gasteiger partial charge in [-0.3, -0.25) is 0 Å². The summed E-state index contributed by atoms with van der Waals surface area (Å²) in [5.41, 5.74) is 5.61. The summed E-state index contributed by atoms with van der Waals surface area (Å²) in [4.78, 5) is 10.3. The van der Waals surface area contributed by atoms with Gasteiger partial charge < -0.3 is 21.3 Å². The van der Waals surface area contributed by atoms with E-state index in [1.807, 2.05) is 27.1 Å². The van der Waals surface area contributed by atoms with Crippen molar-refractivity contribution in [1.82, 2.24) is 14.9 Å². The lowest BCUT2D eigenvalue weighted by Gasteiger charge is -2.12. The molecule has 1 heterocycles. The number of likely N-dealkylation sites (N-methyl/N-ethyl adjacent to an activating group) is 1. The van der Waals surface area contributed by atoms with Gasteiger partial charge in [-0.15, -0.1) is 0 Å². The third kappa shape index (κ3) is 4.31. The topological polar surface area (TPSA) is 79.1 Å². The van der Waals surface area contributed by atoms with E-state index in [9.17, 15) is 0 Å². The Morgan fingerprint density at radius 3 is 2.44 bits per heavy atom. The summed E-state index contributed by atoms with van der Waals surface area (Å²) < 4.78 is 0. The van der Waals surface area contributed by atoms with Crippen LogP contribution in [-0.2, 0) is 0 Å². The van der Waals surface area contributed by atoms with Crippen molar-refractivity contribution in [2.45, 2.75) is 6.92 Å². The molecule has 0 radical (unpaired) electrons. The summed E-state index contributed by atoms with van der Waals surface area (Å²) in [5, 5.41) is 6.31. The van der Waals surface area contributed by atoms with Crippen molar-refractivity contribution >= 4 is 17.6 Å². The summed E-state index contributed by atoms with van der Waals surface area (Å²) in [5.74, 6) is 1.79. The number of nitrogen functional groups attached to an aromatic ring is 1. The van der Waals surface area contributed by atoms with Gasteiger partial charge in [-0.25, -0.2) is 0 Å². The molecule has 6 nitrogen and oxygen atoms in total. The van der Waals surface area contributed by atoms with E-state index in [1.165, 1.54) is 0 Å². The molecule has 0 aromatic carbocycles. The SMILES string of the molecule is CCNc1cc(NCCN(C)C)nc(N)n1. The zero-order valence-corrected chi connectivity index (χ0v) is 10.1. The average Bonchev–Trinajstić information content (AvgIpc) is 2.16. The highest BCUT2D eigenvalue weighted by Crippen LogP contribution is 2.11. The van der Waals surface area contributed by atoms with Crippen LogP contribution in [-0.4, -0.2) is 48.6 Å². The van der Waals surface area contributed by atoms with Gasteiger partial charge in [0.05, 0.1) is 0 Å². The number of nitrogens with one attached hydrogen (secondary N) is 2. The van der Waals surface area contributed by atoms with E-state index in [-0.39, 0.29) is 5.95 Å². The van der Waals surface area contributed by atoms with E-state index in [1.54, 1.807) is 0 Å². The molecule has 0 amide bonds. The monoisotopic (exact) mass is 224 g/mol. The molecule has 90 valence electrons. The highest BCUT2D eigenvalue weighted by Gasteiger charge is 2.01. The van der Waals surface area contributed by atoms with Gasteiger partial charge in [0.2, 0.25) is 5.95 Å². The maximum Gasteiger partial charge on any atom is 0.223 e. The summed E-state index contributed by atoms with van der Waals surface area (Å²) in [6.07, 6.45) is 0. The number of aromatic nitrogens is 2. The predicted octanol–water partition coefficient (Wildman–Crippen LogP) is 0.464. The first-order valence-electron chi connectivity index (χ1n) is 5.39. The summed E-state index contributed by atoms with van der Waals surface area (Å²) in [6, 6.07) is 1.86. The van der Waals surface area contributed by atoms with Crippen LogP contribution < -0.4 is 16.4 Å². The molecule has 0 bridgehead atoms. The standard InChI is InChI=1S/C10H20N6/c1-4-12-8-7-9(15-10(11)14-8)13-5-6-16(2)3/h7H,4-6H2,1-3H3,(H4,11,12,13,14,15). The Morgan fingerprint density at radius 2 is 1.88 bits per heavy atom. The van der Waals surface area contributed by atoms with Gasteiger partial charge in [-0.2, -0.15) is 9.97 Å². The van der Waals surface area contributed by atoms with Crippen molar-refractivity contribution in [3.8, 4) is 0 Å². The van der Waals surface area contributed by atoms with Gasteiger partial charge in [-0.1, -0.05) is 0 Å². The van der Waals surface area contributed by atoms with Crippen LogP contribution in [0.4, 0.5) is 17.6 Å². The second-order valence-electron chi connectivity index (χ2n) is 3.76. The van der Waals surface area contributed by atoms with Crippen LogP contribution in [0.3, 0.4) is 0 Å². The smallest absolute Gasteiger partial charge is 0.223 e. The van der Waals surface area contributed by atoms with E-state index < -0.39 is 0 Å². The normalized spacial score (nSPS) is 10.5. The summed E-state index contributed by atoms with van der Waals surface area (Å²) in [7, 11) is 4.06. The number of hydrogen-bond acceptors (Lipinski definition) is 6. The molecule has 0 spiro atoms. The molecule has 4 N–H and O–H groups in total. The minimum absolute atomic E-state index is 0.283. The lowest BCUT2D eigenvalue weighted by atomic mass is 10.4. The molecule has 0 aliphatic rings. The predicted molar refractivity (Wildman–Crippen MR) is 67.7 cm³/mol. The van der Waals surface area contributed by atoms with E-state index in [2.05, 4.69) is 25.5 Å². The second-order valence-corrected chi connectivity index (χ2v) is 3.76. The largest absolute Gasteiger partial charge is 0.370 e. The Kier molecular flexibility index (Phi) is 4.78. The maximum absolute atomic E-state index is 5.61. The second kappa shape index (κ2) is 6.12. The van der Waals surface area contributed by atoms with Crippen molar-refractivity contribution in [2.75, 3.05) is 50.1 Å². The van der Waals surface area contributed by atoms with Crippen molar-refractivity contribution < 1.29 is 0 Å². The van der Waals surface area contributed by atoms with Crippen LogP contribution in [0.5, 0.6) is 0 Å². The molecule has 0 atom stereocenters. The number of rotatable bonds is 6. The van der Waals surface area contributed by atoms with Gasteiger partial charge in [0, 0.05) is 25.7 Å². The van der Waals surface area contributed by atoms with E-state index in [0.29, 0.717) is 0 Å². The minimum atomic E-state index is 0.283. The van der Waals surface area contributed by atoms with Crippen LogP contribution in [0.15, 0.2) is 6.07 Å². The zero-order chi connectivity index (χ0) is 12.0. The fourth-order valence-corrected chi connectivity index (χ4v) is 1.24. The van der Waals surface area contributed by atoms with Crippen molar-refractivity contribution in [2.24, 2.45) is 0 Å². The van der Waals surface area contributed by atoms with Crippen LogP contribution in [0.2, 0.25) is 0 Å². The molecular weight excluding hydrogens is 204 g/mol. The highest BCUT2D eigenvalue weighted by atomic mass is 15.1. The molecule has 0 unspecified atom stereocenters. The number of hydrogen-bond donors (Lipinski definition) is 3. The third-order valence-corrected chi connectivity index (χ3v) is 1.97. The molecule has 0 aliphatic heterocycles. The molecule has 6 heteroatoms. The quantitative estimate of drug-likeness (QED) is 0.651. The molecule has 1 aromatic rings. The lowest BCUT2D eigenvalue weighted by Crippen LogP contribution is -2.21.